The lowest BCUT2D eigenvalue weighted by Crippen LogP contribution is -2.11. The first kappa shape index (κ1) is 15.3. The van der Waals surface area contributed by atoms with Gasteiger partial charge < -0.3 is 14.2 Å². The smallest absolute Gasteiger partial charge is 0.416 e. The van der Waals surface area contributed by atoms with Crippen LogP contribution in [0.4, 0.5) is 13.2 Å². The summed E-state index contributed by atoms with van der Waals surface area (Å²) in [5.74, 6) is -0.498. The van der Waals surface area contributed by atoms with Gasteiger partial charge in [0, 0.05) is 12.7 Å². The summed E-state index contributed by atoms with van der Waals surface area (Å²) in [6.45, 7) is -0.125. The highest BCUT2D eigenvalue weighted by molar-refractivity contribution is 5.73. The Morgan fingerprint density at radius 3 is 2.47 bits per heavy atom. The van der Waals surface area contributed by atoms with Crippen molar-refractivity contribution in [3.63, 3.8) is 0 Å². The summed E-state index contributed by atoms with van der Waals surface area (Å²) in [6, 6.07) is 2.90. The van der Waals surface area contributed by atoms with E-state index in [9.17, 15) is 18.0 Å². The summed E-state index contributed by atoms with van der Waals surface area (Å²) in [5.41, 5.74) is -0.755. The fourth-order valence-corrected chi connectivity index (χ4v) is 1.38. The predicted octanol–water partition coefficient (Wildman–Crippen LogP) is 2.40. The number of carbonyl (C=O) groups excluding carboxylic acids is 1. The van der Waals surface area contributed by atoms with Crippen LogP contribution < -0.4 is 4.74 Å². The molecular formula is C12H13F3O4. The fraction of sp³-hybridized carbons (Fsp3) is 0.417. The molecule has 1 aromatic carbocycles. The molecule has 0 unspecified atom stereocenters. The molecule has 1 rings (SSSR count). The Morgan fingerprint density at radius 1 is 1.26 bits per heavy atom. The number of rotatable bonds is 5. The van der Waals surface area contributed by atoms with Crippen LogP contribution >= 0.6 is 0 Å². The number of ether oxygens (including phenoxy) is 3. The molecule has 1 aromatic rings. The zero-order valence-corrected chi connectivity index (χ0v) is 10.4. The van der Waals surface area contributed by atoms with Crippen molar-refractivity contribution in [1.82, 2.24) is 0 Å². The highest BCUT2D eigenvalue weighted by atomic mass is 19.4. The summed E-state index contributed by atoms with van der Waals surface area (Å²) in [4.78, 5) is 11.2. The molecule has 0 aromatic heterocycles. The average molecular weight is 278 g/mol. The second-order valence-electron chi connectivity index (χ2n) is 3.62. The monoisotopic (exact) mass is 278 g/mol. The number of methoxy groups -OCH3 is 2. The van der Waals surface area contributed by atoms with Crippen molar-refractivity contribution in [3.05, 3.63) is 29.3 Å². The molecule has 0 spiro atoms. The standard InChI is InChI=1S/C12H13F3O4/c1-17-7-19-10-4-3-9(12(13,14)15)5-8(10)6-11(16)18-2/h3-5H,6-7H2,1-2H3. The van der Waals surface area contributed by atoms with Crippen LogP contribution in [-0.4, -0.2) is 27.0 Å². The third-order valence-corrected chi connectivity index (χ3v) is 2.28. The Bertz CT molecular complexity index is 443. The molecule has 0 aliphatic carbocycles. The summed E-state index contributed by atoms with van der Waals surface area (Å²) in [6.07, 6.45) is -4.79. The van der Waals surface area contributed by atoms with Crippen molar-refractivity contribution in [1.29, 1.82) is 0 Å². The first-order chi connectivity index (χ1) is 8.88. The summed E-state index contributed by atoms with van der Waals surface area (Å²) in [7, 11) is 2.54. The molecule has 106 valence electrons. The molecule has 0 saturated carbocycles. The molecule has 0 bridgehead atoms. The van der Waals surface area contributed by atoms with Crippen LogP contribution in [-0.2, 0) is 26.9 Å². The molecule has 7 heteroatoms. The van der Waals surface area contributed by atoms with Gasteiger partial charge in [-0.25, -0.2) is 0 Å². The minimum absolute atomic E-state index is 0.0960. The highest BCUT2D eigenvalue weighted by Crippen LogP contribution is 2.32. The second-order valence-corrected chi connectivity index (χ2v) is 3.62. The fourth-order valence-electron chi connectivity index (χ4n) is 1.38. The first-order valence-corrected chi connectivity index (χ1v) is 5.27. The number of carbonyl (C=O) groups is 1. The number of esters is 1. The number of benzene rings is 1. The third-order valence-electron chi connectivity index (χ3n) is 2.28. The minimum Gasteiger partial charge on any atom is -0.469 e. The van der Waals surface area contributed by atoms with E-state index in [4.69, 9.17) is 4.74 Å². The first-order valence-electron chi connectivity index (χ1n) is 5.27. The van der Waals surface area contributed by atoms with E-state index < -0.39 is 17.7 Å². The molecule has 0 saturated heterocycles. The van der Waals surface area contributed by atoms with E-state index in [2.05, 4.69) is 9.47 Å². The van der Waals surface area contributed by atoms with E-state index in [1.54, 1.807) is 0 Å². The normalized spacial score (nSPS) is 11.2. The molecule has 0 atom stereocenters. The lowest BCUT2D eigenvalue weighted by atomic mass is 10.1. The number of hydrogen-bond donors (Lipinski definition) is 0. The largest absolute Gasteiger partial charge is 0.469 e. The van der Waals surface area contributed by atoms with Crippen LogP contribution in [0.1, 0.15) is 11.1 Å². The van der Waals surface area contributed by atoms with Crippen molar-refractivity contribution >= 4 is 5.97 Å². The number of alkyl halides is 3. The topological polar surface area (TPSA) is 44.8 Å². The molecular weight excluding hydrogens is 265 g/mol. The minimum atomic E-state index is -4.48. The maximum atomic E-state index is 12.6. The Balaban J connectivity index is 3.07. The van der Waals surface area contributed by atoms with Crippen molar-refractivity contribution in [3.8, 4) is 5.75 Å². The molecule has 0 amide bonds. The van der Waals surface area contributed by atoms with Crippen LogP contribution in [0.2, 0.25) is 0 Å². The maximum Gasteiger partial charge on any atom is 0.416 e. The van der Waals surface area contributed by atoms with Crippen LogP contribution in [0.15, 0.2) is 18.2 Å². The van der Waals surface area contributed by atoms with Gasteiger partial charge in [-0.1, -0.05) is 0 Å². The van der Waals surface area contributed by atoms with E-state index in [1.807, 2.05) is 0 Å². The predicted molar refractivity (Wildman–Crippen MR) is 59.7 cm³/mol. The van der Waals surface area contributed by atoms with Gasteiger partial charge in [0.2, 0.25) is 0 Å². The average Bonchev–Trinajstić information content (AvgIpc) is 2.35. The molecule has 0 radical (unpaired) electrons. The third kappa shape index (κ3) is 4.44. The van der Waals surface area contributed by atoms with Gasteiger partial charge in [0.1, 0.15) is 5.75 Å². The van der Waals surface area contributed by atoms with Gasteiger partial charge in [0.05, 0.1) is 19.1 Å². The van der Waals surface area contributed by atoms with E-state index in [1.165, 1.54) is 7.11 Å². The molecule has 0 heterocycles. The molecule has 0 aliphatic heterocycles. The van der Waals surface area contributed by atoms with Gasteiger partial charge >= 0.3 is 12.1 Å². The maximum absolute atomic E-state index is 12.6. The molecule has 0 aliphatic rings. The van der Waals surface area contributed by atoms with Gasteiger partial charge in [-0.3, -0.25) is 4.79 Å². The van der Waals surface area contributed by atoms with E-state index in [-0.39, 0.29) is 24.5 Å². The Labute approximate surface area is 108 Å². The lowest BCUT2D eigenvalue weighted by Gasteiger charge is -2.13. The van der Waals surface area contributed by atoms with Crippen molar-refractivity contribution in [2.75, 3.05) is 21.0 Å². The van der Waals surface area contributed by atoms with Gasteiger partial charge in [0.25, 0.3) is 0 Å². The second kappa shape index (κ2) is 6.42. The molecule has 0 N–H and O–H groups in total. The Hall–Kier alpha value is -1.76. The summed E-state index contributed by atoms with van der Waals surface area (Å²) >= 11 is 0. The van der Waals surface area contributed by atoms with E-state index in [0.717, 1.165) is 25.3 Å². The zero-order valence-electron chi connectivity index (χ0n) is 10.4. The zero-order chi connectivity index (χ0) is 14.5. The number of hydrogen-bond acceptors (Lipinski definition) is 4. The van der Waals surface area contributed by atoms with Crippen molar-refractivity contribution < 1.29 is 32.2 Å². The van der Waals surface area contributed by atoms with Gasteiger partial charge in [0.15, 0.2) is 6.79 Å². The van der Waals surface area contributed by atoms with Gasteiger partial charge in [-0.15, -0.1) is 0 Å². The quantitative estimate of drug-likeness (QED) is 0.613. The van der Waals surface area contributed by atoms with Crippen LogP contribution in [0, 0.1) is 0 Å². The summed E-state index contributed by atoms with van der Waals surface area (Å²) < 4.78 is 52.0. The van der Waals surface area contributed by atoms with Crippen LogP contribution in [0.25, 0.3) is 0 Å². The molecule has 19 heavy (non-hydrogen) atoms. The summed E-state index contributed by atoms with van der Waals surface area (Å²) in [5, 5.41) is 0. The van der Waals surface area contributed by atoms with Crippen LogP contribution in [0.3, 0.4) is 0 Å². The Kier molecular flexibility index (Phi) is 5.17. The lowest BCUT2D eigenvalue weighted by molar-refractivity contribution is -0.140. The SMILES string of the molecule is COCOc1ccc(C(F)(F)F)cc1CC(=O)OC. The molecule has 0 fully saturated rings. The van der Waals surface area contributed by atoms with Crippen molar-refractivity contribution in [2.45, 2.75) is 12.6 Å². The number of halogens is 3. The van der Waals surface area contributed by atoms with Gasteiger partial charge in [-0.05, 0) is 18.2 Å². The Morgan fingerprint density at radius 2 is 1.95 bits per heavy atom. The van der Waals surface area contributed by atoms with Crippen LogP contribution in [0.5, 0.6) is 5.75 Å². The van der Waals surface area contributed by atoms with Crippen molar-refractivity contribution in [2.24, 2.45) is 0 Å². The highest BCUT2D eigenvalue weighted by Gasteiger charge is 2.31. The van der Waals surface area contributed by atoms with Gasteiger partial charge in [-0.2, -0.15) is 13.2 Å². The van der Waals surface area contributed by atoms with E-state index in [0.29, 0.717) is 0 Å². The molecule has 4 nitrogen and oxygen atoms in total. The van der Waals surface area contributed by atoms with E-state index >= 15 is 0 Å².